The van der Waals surface area contributed by atoms with Crippen molar-refractivity contribution < 1.29 is 9.53 Å². The monoisotopic (exact) mass is 413 g/mol. The van der Waals surface area contributed by atoms with E-state index in [-0.39, 0.29) is 11.8 Å². The number of hydrogen-bond acceptors (Lipinski definition) is 3. The molecule has 0 fully saturated rings. The first kappa shape index (κ1) is 20.5. The zero-order valence-corrected chi connectivity index (χ0v) is 17.8. The van der Waals surface area contributed by atoms with E-state index in [1.165, 1.54) is 5.39 Å². The van der Waals surface area contributed by atoms with Crippen molar-refractivity contribution in [1.82, 2.24) is 10.3 Å². The Morgan fingerprint density at radius 1 is 1.00 bits per heavy atom. The van der Waals surface area contributed by atoms with E-state index in [4.69, 9.17) is 4.74 Å². The molecule has 0 aliphatic rings. The molecule has 2 N–H and O–H groups in total. The van der Waals surface area contributed by atoms with E-state index in [2.05, 4.69) is 34.6 Å². The Morgan fingerprint density at radius 2 is 1.71 bits per heavy atom. The van der Waals surface area contributed by atoms with Crippen LogP contribution in [0.3, 0.4) is 0 Å². The van der Waals surface area contributed by atoms with Crippen LogP contribution < -0.4 is 15.0 Å². The molecule has 0 radical (unpaired) electrons. The third kappa shape index (κ3) is 4.72. The fourth-order valence-electron chi connectivity index (χ4n) is 3.89. The molecule has 5 heteroatoms. The van der Waals surface area contributed by atoms with Crippen LogP contribution in [0.1, 0.15) is 17.0 Å². The number of amides is 1. The first-order valence-electron chi connectivity index (χ1n) is 10.4. The van der Waals surface area contributed by atoms with E-state index in [1.807, 2.05) is 72.7 Å². The minimum Gasteiger partial charge on any atom is -0.497 e. The third-order valence-corrected chi connectivity index (χ3v) is 5.60. The Kier molecular flexibility index (Phi) is 6.22. The van der Waals surface area contributed by atoms with Gasteiger partial charge in [-0.15, -0.1) is 0 Å². The number of ether oxygens (including phenoxy) is 1. The van der Waals surface area contributed by atoms with Gasteiger partial charge >= 0.3 is 0 Å². The quantitative estimate of drug-likeness (QED) is 0.445. The largest absolute Gasteiger partial charge is 0.497 e. The SMILES string of the molecule is COc1ccc([C@@H](CNC(=O)CN(C)c2ccccc2)c2c[nH]c3ccccc23)cc1. The molecule has 31 heavy (non-hydrogen) atoms. The summed E-state index contributed by atoms with van der Waals surface area (Å²) in [4.78, 5) is 18.0. The second kappa shape index (κ2) is 9.39. The fourth-order valence-corrected chi connectivity index (χ4v) is 3.89. The second-order valence-electron chi connectivity index (χ2n) is 7.61. The van der Waals surface area contributed by atoms with Gasteiger partial charge in [-0.2, -0.15) is 0 Å². The fraction of sp³-hybridized carbons (Fsp3) is 0.192. The number of likely N-dealkylation sites (N-methyl/N-ethyl adjacent to an activating group) is 1. The lowest BCUT2D eigenvalue weighted by atomic mass is 9.90. The molecule has 0 unspecified atom stereocenters. The lowest BCUT2D eigenvalue weighted by molar-refractivity contribution is -0.119. The molecular formula is C26H27N3O2. The van der Waals surface area contributed by atoms with Gasteiger partial charge in [-0.3, -0.25) is 4.79 Å². The van der Waals surface area contributed by atoms with Gasteiger partial charge in [0.1, 0.15) is 5.75 Å². The van der Waals surface area contributed by atoms with Crippen LogP contribution in [0.2, 0.25) is 0 Å². The van der Waals surface area contributed by atoms with Crippen LogP contribution in [0.4, 0.5) is 5.69 Å². The Morgan fingerprint density at radius 3 is 2.45 bits per heavy atom. The van der Waals surface area contributed by atoms with Gasteiger partial charge in [0.15, 0.2) is 0 Å². The van der Waals surface area contributed by atoms with Crippen molar-refractivity contribution in [3.8, 4) is 5.75 Å². The molecule has 158 valence electrons. The van der Waals surface area contributed by atoms with E-state index >= 15 is 0 Å². The number of nitrogens with one attached hydrogen (secondary N) is 2. The number of nitrogens with zero attached hydrogens (tertiary/aromatic N) is 1. The van der Waals surface area contributed by atoms with Gasteiger partial charge in [-0.05, 0) is 41.5 Å². The second-order valence-corrected chi connectivity index (χ2v) is 7.61. The molecule has 1 amide bonds. The van der Waals surface area contributed by atoms with E-state index in [1.54, 1.807) is 7.11 Å². The van der Waals surface area contributed by atoms with Crippen LogP contribution in [0, 0.1) is 0 Å². The van der Waals surface area contributed by atoms with Gasteiger partial charge < -0.3 is 19.9 Å². The average molecular weight is 414 g/mol. The van der Waals surface area contributed by atoms with Gasteiger partial charge in [0.05, 0.1) is 13.7 Å². The molecular weight excluding hydrogens is 386 g/mol. The van der Waals surface area contributed by atoms with Crippen molar-refractivity contribution in [1.29, 1.82) is 0 Å². The number of benzene rings is 3. The number of carbonyl (C=O) groups excluding carboxylic acids is 1. The maximum atomic E-state index is 12.7. The summed E-state index contributed by atoms with van der Waals surface area (Å²) < 4.78 is 5.31. The predicted molar refractivity (Wildman–Crippen MR) is 126 cm³/mol. The summed E-state index contributed by atoms with van der Waals surface area (Å²) in [5, 5.41) is 4.30. The number of aromatic nitrogens is 1. The Labute approximate surface area is 182 Å². The van der Waals surface area contributed by atoms with Crippen molar-refractivity contribution in [3.63, 3.8) is 0 Å². The molecule has 0 saturated heterocycles. The van der Waals surface area contributed by atoms with Crippen molar-refractivity contribution in [2.45, 2.75) is 5.92 Å². The summed E-state index contributed by atoms with van der Waals surface area (Å²) in [5.41, 5.74) is 4.40. The number of methoxy groups -OCH3 is 1. The van der Waals surface area contributed by atoms with Crippen LogP contribution >= 0.6 is 0 Å². The van der Waals surface area contributed by atoms with Crippen molar-refractivity contribution in [2.24, 2.45) is 0 Å². The maximum Gasteiger partial charge on any atom is 0.239 e. The maximum absolute atomic E-state index is 12.7. The number of para-hydroxylation sites is 2. The van der Waals surface area contributed by atoms with Crippen LogP contribution in [0.15, 0.2) is 85.1 Å². The van der Waals surface area contributed by atoms with E-state index < -0.39 is 0 Å². The van der Waals surface area contributed by atoms with E-state index in [0.717, 1.165) is 28.1 Å². The van der Waals surface area contributed by atoms with E-state index in [9.17, 15) is 4.79 Å². The number of hydrogen-bond donors (Lipinski definition) is 2. The average Bonchev–Trinajstić information content (AvgIpc) is 3.24. The molecule has 4 aromatic rings. The van der Waals surface area contributed by atoms with Crippen LogP contribution in [0.5, 0.6) is 5.75 Å². The van der Waals surface area contributed by atoms with Gasteiger partial charge in [0, 0.05) is 42.3 Å². The van der Waals surface area contributed by atoms with Gasteiger partial charge in [-0.1, -0.05) is 48.5 Å². The first-order valence-corrected chi connectivity index (χ1v) is 10.4. The molecule has 0 spiro atoms. The topological polar surface area (TPSA) is 57.4 Å². The standard InChI is InChI=1S/C26H27N3O2/c1-29(20-8-4-3-5-9-20)18-26(30)28-16-23(19-12-14-21(31-2)15-13-19)24-17-27-25-11-7-6-10-22(24)25/h3-15,17,23,27H,16,18H2,1-2H3,(H,28,30)/t23-/m1/s1. The summed E-state index contributed by atoms with van der Waals surface area (Å²) in [6, 6.07) is 26.2. The summed E-state index contributed by atoms with van der Waals surface area (Å²) >= 11 is 0. The minimum absolute atomic E-state index is 0.00953. The lowest BCUT2D eigenvalue weighted by Gasteiger charge is -2.21. The Balaban J connectivity index is 1.54. The highest BCUT2D eigenvalue weighted by atomic mass is 16.5. The van der Waals surface area contributed by atoms with Crippen molar-refractivity contribution >= 4 is 22.5 Å². The number of aromatic amines is 1. The van der Waals surface area contributed by atoms with Gasteiger partial charge in [-0.25, -0.2) is 0 Å². The molecule has 1 heterocycles. The van der Waals surface area contributed by atoms with Gasteiger partial charge in [0.2, 0.25) is 5.91 Å². The highest BCUT2D eigenvalue weighted by Gasteiger charge is 2.19. The summed E-state index contributed by atoms with van der Waals surface area (Å²) in [5.74, 6) is 0.827. The van der Waals surface area contributed by atoms with Crippen molar-refractivity contribution in [3.05, 3.63) is 96.2 Å². The molecule has 3 aromatic carbocycles. The normalized spacial score (nSPS) is 11.8. The molecule has 0 saturated carbocycles. The Bertz CT molecular complexity index is 1140. The number of H-pyrrole nitrogens is 1. The third-order valence-electron chi connectivity index (χ3n) is 5.60. The highest BCUT2D eigenvalue weighted by Crippen LogP contribution is 2.31. The zero-order valence-electron chi connectivity index (χ0n) is 17.8. The molecule has 1 aromatic heterocycles. The molecule has 1 atom stereocenters. The van der Waals surface area contributed by atoms with Crippen LogP contribution in [-0.2, 0) is 4.79 Å². The van der Waals surface area contributed by atoms with Gasteiger partial charge in [0.25, 0.3) is 0 Å². The lowest BCUT2D eigenvalue weighted by Crippen LogP contribution is -2.37. The minimum atomic E-state index is -0.00953. The number of rotatable bonds is 8. The summed E-state index contributed by atoms with van der Waals surface area (Å²) in [6.07, 6.45) is 2.04. The Hall–Kier alpha value is -3.73. The summed E-state index contributed by atoms with van der Waals surface area (Å²) in [6.45, 7) is 0.808. The molecule has 5 nitrogen and oxygen atoms in total. The molecule has 4 rings (SSSR count). The number of fused-ring (bicyclic) bond motifs is 1. The summed E-state index contributed by atoms with van der Waals surface area (Å²) in [7, 11) is 3.59. The molecule has 0 aliphatic carbocycles. The smallest absolute Gasteiger partial charge is 0.239 e. The van der Waals surface area contributed by atoms with E-state index in [0.29, 0.717) is 13.1 Å². The number of anilines is 1. The van der Waals surface area contributed by atoms with Crippen LogP contribution in [-0.4, -0.2) is 38.1 Å². The van der Waals surface area contributed by atoms with Crippen LogP contribution in [0.25, 0.3) is 10.9 Å². The predicted octanol–water partition coefficient (Wildman–Crippen LogP) is 4.56. The molecule has 0 aliphatic heterocycles. The highest BCUT2D eigenvalue weighted by molar-refractivity contribution is 5.85. The van der Waals surface area contributed by atoms with Crippen molar-refractivity contribution in [2.75, 3.05) is 32.1 Å². The first-order chi connectivity index (χ1) is 15.2. The molecule has 0 bridgehead atoms. The number of carbonyl (C=O) groups is 1. The zero-order chi connectivity index (χ0) is 21.6.